The summed E-state index contributed by atoms with van der Waals surface area (Å²) in [5.74, 6) is -2.55. The van der Waals surface area contributed by atoms with Crippen molar-refractivity contribution in [1.82, 2.24) is 4.98 Å². The average Bonchev–Trinajstić information content (AvgIpc) is 2.46. The van der Waals surface area contributed by atoms with Crippen LogP contribution in [-0.2, 0) is 0 Å². The van der Waals surface area contributed by atoms with Crippen LogP contribution >= 0.6 is 15.9 Å². The van der Waals surface area contributed by atoms with Crippen LogP contribution in [0.4, 0.5) is 14.5 Å². The number of alkyl halides is 2. The first-order chi connectivity index (χ1) is 6.57. The van der Waals surface area contributed by atoms with Crippen molar-refractivity contribution >= 4 is 21.6 Å². The molecule has 0 radical (unpaired) electrons. The van der Waals surface area contributed by atoms with Gasteiger partial charge in [-0.05, 0) is 22.0 Å². The normalized spacial score (nSPS) is 20.1. The second-order valence-electron chi connectivity index (χ2n) is 3.39. The molecule has 0 amide bonds. The summed E-state index contributed by atoms with van der Waals surface area (Å²) in [6.45, 7) is 0.191. The molecule has 0 unspecified atom stereocenters. The van der Waals surface area contributed by atoms with Gasteiger partial charge in [0.1, 0.15) is 0 Å². The maximum Gasteiger partial charge on any atom is 0.266 e. The average molecular weight is 263 g/mol. The molecule has 0 atom stereocenters. The Morgan fingerprint density at radius 2 is 2.21 bits per heavy atom. The molecule has 0 aliphatic carbocycles. The van der Waals surface area contributed by atoms with E-state index < -0.39 is 5.92 Å². The molecule has 2 nitrogen and oxygen atoms in total. The third-order valence-electron chi connectivity index (χ3n) is 2.23. The lowest BCUT2D eigenvalue weighted by Crippen LogP contribution is -2.24. The summed E-state index contributed by atoms with van der Waals surface area (Å²) in [7, 11) is 0. The fraction of sp³-hybridized carbons (Fsp3) is 0.444. The molecule has 1 aromatic rings. The Morgan fingerprint density at radius 1 is 1.43 bits per heavy atom. The van der Waals surface area contributed by atoms with Crippen molar-refractivity contribution in [3.8, 4) is 0 Å². The first-order valence-electron chi connectivity index (χ1n) is 4.30. The van der Waals surface area contributed by atoms with Gasteiger partial charge in [0.25, 0.3) is 5.92 Å². The van der Waals surface area contributed by atoms with Crippen molar-refractivity contribution < 1.29 is 8.78 Å². The van der Waals surface area contributed by atoms with E-state index in [1.165, 1.54) is 0 Å². The van der Waals surface area contributed by atoms with Gasteiger partial charge in [-0.1, -0.05) is 0 Å². The summed E-state index contributed by atoms with van der Waals surface area (Å²) >= 11 is 3.26. The standard InChI is InChI=1S/C9H9BrF2N2/c10-7-3-8(5-13-4-7)14-2-1-9(11,12)6-14/h3-5H,1-2,6H2. The number of aromatic nitrogens is 1. The first kappa shape index (κ1) is 9.83. The number of halogens is 3. The number of pyridine rings is 1. The molecule has 1 aromatic heterocycles. The minimum Gasteiger partial charge on any atom is -0.364 e. The Bertz CT molecular complexity index is 343. The highest BCUT2D eigenvalue weighted by atomic mass is 79.9. The maximum absolute atomic E-state index is 12.9. The molecule has 0 saturated carbocycles. The first-order valence-corrected chi connectivity index (χ1v) is 5.09. The lowest BCUT2D eigenvalue weighted by molar-refractivity contribution is 0.0257. The topological polar surface area (TPSA) is 16.1 Å². The van der Waals surface area contributed by atoms with Gasteiger partial charge in [0.15, 0.2) is 0 Å². The van der Waals surface area contributed by atoms with Gasteiger partial charge >= 0.3 is 0 Å². The van der Waals surface area contributed by atoms with Gasteiger partial charge in [-0.2, -0.15) is 0 Å². The fourth-order valence-electron chi connectivity index (χ4n) is 1.53. The number of hydrogen-bond acceptors (Lipinski definition) is 2. The third kappa shape index (κ3) is 2.03. The summed E-state index contributed by atoms with van der Waals surface area (Å²) in [6.07, 6.45) is 3.17. The molecule has 1 saturated heterocycles. The summed E-state index contributed by atoms with van der Waals surface area (Å²) < 4.78 is 26.6. The van der Waals surface area contributed by atoms with E-state index >= 15 is 0 Å². The van der Waals surface area contributed by atoms with E-state index in [9.17, 15) is 8.78 Å². The molecular weight excluding hydrogens is 254 g/mol. The van der Waals surface area contributed by atoms with Crippen molar-refractivity contribution in [2.75, 3.05) is 18.0 Å². The van der Waals surface area contributed by atoms with E-state index in [-0.39, 0.29) is 13.0 Å². The van der Waals surface area contributed by atoms with Crippen molar-refractivity contribution in [1.29, 1.82) is 0 Å². The van der Waals surface area contributed by atoms with Crippen molar-refractivity contribution in [3.63, 3.8) is 0 Å². The van der Waals surface area contributed by atoms with Crippen LogP contribution in [0.1, 0.15) is 6.42 Å². The molecule has 5 heteroatoms. The zero-order valence-electron chi connectivity index (χ0n) is 7.38. The third-order valence-corrected chi connectivity index (χ3v) is 2.66. The van der Waals surface area contributed by atoms with Gasteiger partial charge in [0, 0.05) is 23.6 Å². The van der Waals surface area contributed by atoms with Crippen LogP contribution in [-0.4, -0.2) is 24.0 Å². The minimum atomic E-state index is -2.55. The van der Waals surface area contributed by atoms with Crippen molar-refractivity contribution in [2.24, 2.45) is 0 Å². The zero-order valence-corrected chi connectivity index (χ0v) is 8.97. The molecule has 0 N–H and O–H groups in total. The monoisotopic (exact) mass is 262 g/mol. The molecule has 76 valence electrons. The van der Waals surface area contributed by atoms with Gasteiger partial charge < -0.3 is 4.90 Å². The van der Waals surface area contributed by atoms with E-state index in [4.69, 9.17) is 0 Å². The van der Waals surface area contributed by atoms with Crippen LogP contribution in [0.3, 0.4) is 0 Å². The van der Waals surface area contributed by atoms with Crippen molar-refractivity contribution in [3.05, 3.63) is 22.9 Å². The van der Waals surface area contributed by atoms with Crippen LogP contribution in [0.5, 0.6) is 0 Å². The van der Waals surface area contributed by atoms with E-state index in [1.807, 2.05) is 0 Å². The molecular formula is C9H9BrF2N2. The number of rotatable bonds is 1. The Kier molecular flexibility index (Phi) is 2.43. The van der Waals surface area contributed by atoms with Gasteiger partial charge in [0.2, 0.25) is 0 Å². The Balaban J connectivity index is 2.17. The largest absolute Gasteiger partial charge is 0.364 e. The van der Waals surface area contributed by atoms with Crippen LogP contribution in [0.25, 0.3) is 0 Å². The second kappa shape index (κ2) is 3.46. The van der Waals surface area contributed by atoms with Gasteiger partial charge in [0.05, 0.1) is 18.4 Å². The van der Waals surface area contributed by atoms with E-state index in [0.717, 1.165) is 10.2 Å². The Hall–Kier alpha value is -0.710. The molecule has 0 bridgehead atoms. The number of nitrogens with zero attached hydrogens (tertiary/aromatic N) is 2. The summed E-state index contributed by atoms with van der Waals surface area (Å²) in [6, 6.07) is 1.80. The smallest absolute Gasteiger partial charge is 0.266 e. The molecule has 14 heavy (non-hydrogen) atoms. The van der Waals surface area contributed by atoms with Crippen LogP contribution in [0.2, 0.25) is 0 Å². The lowest BCUT2D eigenvalue weighted by atomic mass is 10.3. The number of hydrogen-bond donors (Lipinski definition) is 0. The van der Waals surface area contributed by atoms with Crippen LogP contribution in [0, 0.1) is 0 Å². The second-order valence-corrected chi connectivity index (χ2v) is 4.30. The predicted molar refractivity (Wildman–Crippen MR) is 53.7 cm³/mol. The van der Waals surface area contributed by atoms with Crippen LogP contribution in [0.15, 0.2) is 22.9 Å². The molecule has 2 rings (SSSR count). The summed E-state index contributed by atoms with van der Waals surface area (Å²) in [4.78, 5) is 5.59. The molecule has 0 aromatic carbocycles. The predicted octanol–water partition coefficient (Wildman–Crippen LogP) is 2.69. The van der Waals surface area contributed by atoms with Crippen LogP contribution < -0.4 is 4.90 Å². The highest BCUT2D eigenvalue weighted by Crippen LogP contribution is 2.31. The van der Waals surface area contributed by atoms with Crippen molar-refractivity contribution in [2.45, 2.75) is 12.3 Å². The molecule has 1 aliphatic heterocycles. The Morgan fingerprint density at radius 3 is 2.79 bits per heavy atom. The van der Waals surface area contributed by atoms with E-state index in [2.05, 4.69) is 20.9 Å². The summed E-state index contributed by atoms with van der Waals surface area (Å²) in [5, 5.41) is 0. The zero-order chi connectivity index (χ0) is 10.2. The quantitative estimate of drug-likeness (QED) is 0.774. The number of anilines is 1. The molecule has 2 heterocycles. The highest BCUT2D eigenvalue weighted by molar-refractivity contribution is 9.10. The Labute approximate surface area is 89.1 Å². The fourth-order valence-corrected chi connectivity index (χ4v) is 1.88. The minimum absolute atomic E-state index is 0.0699. The van der Waals surface area contributed by atoms with Gasteiger partial charge in [-0.3, -0.25) is 4.98 Å². The van der Waals surface area contributed by atoms with Gasteiger partial charge in [-0.15, -0.1) is 0 Å². The van der Waals surface area contributed by atoms with E-state index in [1.54, 1.807) is 23.4 Å². The highest BCUT2D eigenvalue weighted by Gasteiger charge is 2.38. The lowest BCUT2D eigenvalue weighted by Gasteiger charge is -2.17. The summed E-state index contributed by atoms with van der Waals surface area (Å²) in [5.41, 5.74) is 0.747. The molecule has 0 spiro atoms. The molecule has 1 aliphatic rings. The molecule has 1 fully saturated rings. The van der Waals surface area contributed by atoms with Gasteiger partial charge in [-0.25, -0.2) is 8.78 Å². The van der Waals surface area contributed by atoms with E-state index in [0.29, 0.717) is 6.54 Å². The SMILES string of the molecule is FC1(F)CCN(c2cncc(Br)c2)C1. The maximum atomic E-state index is 12.9.